The Bertz CT molecular complexity index is 726. The summed E-state index contributed by atoms with van der Waals surface area (Å²) in [5, 5.41) is 0.173. The van der Waals surface area contributed by atoms with Crippen molar-refractivity contribution in [2.45, 2.75) is 43.9 Å². The molecule has 0 N–H and O–H groups in total. The van der Waals surface area contributed by atoms with E-state index in [1.54, 1.807) is 22.4 Å². The van der Waals surface area contributed by atoms with E-state index in [1.165, 1.54) is 0 Å². The van der Waals surface area contributed by atoms with Gasteiger partial charge in [0.05, 0.1) is 18.4 Å². The van der Waals surface area contributed by atoms with Crippen molar-refractivity contribution in [3.8, 4) is 0 Å². The number of imidazole rings is 1. The van der Waals surface area contributed by atoms with Crippen molar-refractivity contribution >= 4 is 22.8 Å². The molecule has 2 aliphatic heterocycles. The fourth-order valence-corrected chi connectivity index (χ4v) is 3.61. The quantitative estimate of drug-likeness (QED) is 0.751. The van der Waals surface area contributed by atoms with Crippen molar-refractivity contribution in [3.63, 3.8) is 0 Å². The Balaban J connectivity index is 1.89. The van der Waals surface area contributed by atoms with Crippen LogP contribution in [-0.2, 0) is 11.8 Å². The van der Waals surface area contributed by atoms with E-state index < -0.39 is 0 Å². The van der Waals surface area contributed by atoms with Crippen LogP contribution in [0, 0.1) is 0 Å². The molecule has 2 saturated heterocycles. The van der Waals surface area contributed by atoms with Gasteiger partial charge in [0.25, 0.3) is 0 Å². The fraction of sp³-hybridized carbons (Fsp3) is 0.615. The maximum atomic E-state index is 12.5. The summed E-state index contributed by atoms with van der Waals surface area (Å²) < 4.78 is 9.21. The summed E-state index contributed by atoms with van der Waals surface area (Å²) in [4.78, 5) is 20.7. The smallest absolute Gasteiger partial charge is 0.330 e. The molecule has 0 aliphatic carbocycles. The second-order valence-electron chi connectivity index (χ2n) is 5.64. The van der Waals surface area contributed by atoms with Gasteiger partial charge in [-0.25, -0.2) is 9.78 Å². The van der Waals surface area contributed by atoms with Gasteiger partial charge >= 0.3 is 5.69 Å². The molecule has 0 spiro atoms. The van der Waals surface area contributed by atoms with Crippen molar-refractivity contribution in [2.24, 2.45) is 7.05 Å². The lowest BCUT2D eigenvalue weighted by Gasteiger charge is -2.28. The van der Waals surface area contributed by atoms with Crippen molar-refractivity contribution in [1.82, 2.24) is 19.1 Å². The number of fused-ring (bicyclic) bond motifs is 3. The van der Waals surface area contributed by atoms with Crippen LogP contribution in [0.1, 0.15) is 31.7 Å². The maximum Gasteiger partial charge on any atom is 0.330 e. The lowest BCUT2D eigenvalue weighted by Crippen LogP contribution is -2.33. The molecule has 106 valence electrons. The van der Waals surface area contributed by atoms with Gasteiger partial charge in [0.15, 0.2) is 5.65 Å². The maximum absolute atomic E-state index is 12.5. The summed E-state index contributed by atoms with van der Waals surface area (Å²) in [7, 11) is 1.74. The van der Waals surface area contributed by atoms with Gasteiger partial charge in [-0.3, -0.25) is 9.13 Å². The molecule has 0 aromatic carbocycles. The van der Waals surface area contributed by atoms with Crippen molar-refractivity contribution in [2.75, 3.05) is 0 Å². The Kier molecular flexibility index (Phi) is 2.65. The summed E-state index contributed by atoms with van der Waals surface area (Å²) in [6.45, 7) is 0. The molecule has 0 amide bonds. The molecular formula is C13H15ClN4O2. The Morgan fingerprint density at radius 2 is 2.05 bits per heavy atom. The number of ether oxygens (including phenoxy) is 1. The summed E-state index contributed by atoms with van der Waals surface area (Å²) in [5.74, 6) is 0. The molecule has 0 radical (unpaired) electrons. The molecule has 2 bridgehead atoms. The molecule has 2 atom stereocenters. The van der Waals surface area contributed by atoms with Crippen LogP contribution in [0.3, 0.4) is 0 Å². The van der Waals surface area contributed by atoms with Gasteiger partial charge in [-0.05, 0) is 37.3 Å². The minimum atomic E-state index is -0.0529. The molecule has 2 aliphatic rings. The van der Waals surface area contributed by atoms with E-state index in [1.807, 2.05) is 0 Å². The van der Waals surface area contributed by atoms with Crippen LogP contribution in [0.25, 0.3) is 11.2 Å². The SMILES string of the molecule is Cn1c(=O)n(C2CC3CCC(C2)O3)c2nc(Cl)ncc21. The highest BCUT2D eigenvalue weighted by molar-refractivity contribution is 6.28. The highest BCUT2D eigenvalue weighted by atomic mass is 35.5. The number of aromatic nitrogens is 4. The minimum absolute atomic E-state index is 0.0529. The fourth-order valence-electron chi connectivity index (χ4n) is 3.48. The molecule has 4 rings (SSSR count). The number of nitrogens with zero attached hydrogens (tertiary/aromatic N) is 4. The molecule has 6 nitrogen and oxygen atoms in total. The third kappa shape index (κ3) is 1.71. The number of halogens is 1. The van der Waals surface area contributed by atoms with Crippen LogP contribution in [0.2, 0.25) is 5.28 Å². The van der Waals surface area contributed by atoms with E-state index in [0.29, 0.717) is 5.65 Å². The van der Waals surface area contributed by atoms with E-state index in [4.69, 9.17) is 16.3 Å². The van der Waals surface area contributed by atoms with Crippen LogP contribution in [0.15, 0.2) is 11.0 Å². The first kappa shape index (κ1) is 12.3. The minimum Gasteiger partial charge on any atom is -0.375 e. The van der Waals surface area contributed by atoms with Crippen LogP contribution >= 0.6 is 11.6 Å². The second-order valence-corrected chi connectivity index (χ2v) is 5.98. The van der Waals surface area contributed by atoms with Gasteiger partial charge < -0.3 is 4.74 Å². The van der Waals surface area contributed by atoms with Crippen LogP contribution in [0.5, 0.6) is 0 Å². The Morgan fingerprint density at radius 1 is 1.35 bits per heavy atom. The zero-order valence-electron chi connectivity index (χ0n) is 11.1. The average Bonchev–Trinajstić information content (AvgIpc) is 2.88. The van der Waals surface area contributed by atoms with E-state index in [0.717, 1.165) is 31.2 Å². The summed E-state index contributed by atoms with van der Waals surface area (Å²) in [6.07, 6.45) is 6.09. The van der Waals surface area contributed by atoms with Gasteiger partial charge in [-0.2, -0.15) is 4.98 Å². The van der Waals surface area contributed by atoms with E-state index in [2.05, 4.69) is 9.97 Å². The highest BCUT2D eigenvalue weighted by Gasteiger charge is 2.37. The third-order valence-corrected chi connectivity index (χ3v) is 4.62. The molecule has 0 saturated carbocycles. The summed E-state index contributed by atoms with van der Waals surface area (Å²) in [5.41, 5.74) is 1.30. The third-order valence-electron chi connectivity index (χ3n) is 4.43. The predicted octanol–water partition coefficient (Wildman–Crippen LogP) is 1.67. The normalized spacial score (nSPS) is 29.2. The molecule has 7 heteroatoms. The zero-order chi connectivity index (χ0) is 13.9. The molecule has 2 unspecified atom stereocenters. The number of hydrogen-bond donors (Lipinski definition) is 0. The lowest BCUT2D eigenvalue weighted by molar-refractivity contribution is -0.0158. The molecule has 2 aromatic heterocycles. The second kappa shape index (κ2) is 4.30. The molecule has 2 fully saturated rings. The molecule has 4 heterocycles. The van der Waals surface area contributed by atoms with Gasteiger partial charge in [0, 0.05) is 13.1 Å². The Morgan fingerprint density at radius 3 is 2.75 bits per heavy atom. The summed E-state index contributed by atoms with van der Waals surface area (Å²) in [6, 6.07) is 0.142. The first-order chi connectivity index (χ1) is 9.63. The van der Waals surface area contributed by atoms with Crippen LogP contribution in [-0.4, -0.2) is 31.3 Å². The van der Waals surface area contributed by atoms with E-state index in [-0.39, 0.29) is 29.2 Å². The standard InChI is InChI=1S/C13H15ClN4O2/c1-17-10-6-15-12(14)16-11(10)18(13(17)19)7-4-8-2-3-9(5-7)20-8/h6-9H,2-5H2,1H3. The van der Waals surface area contributed by atoms with Crippen molar-refractivity contribution in [3.05, 3.63) is 22.0 Å². The Hall–Kier alpha value is -1.40. The average molecular weight is 295 g/mol. The molecule has 2 aromatic rings. The number of aryl methyl sites for hydroxylation is 1. The summed E-state index contributed by atoms with van der Waals surface area (Å²) >= 11 is 5.89. The molecule has 20 heavy (non-hydrogen) atoms. The van der Waals surface area contributed by atoms with Gasteiger partial charge in [-0.15, -0.1) is 0 Å². The largest absolute Gasteiger partial charge is 0.375 e. The van der Waals surface area contributed by atoms with Crippen molar-refractivity contribution < 1.29 is 4.74 Å². The van der Waals surface area contributed by atoms with Gasteiger partial charge in [0.2, 0.25) is 5.28 Å². The van der Waals surface area contributed by atoms with Crippen LogP contribution in [0.4, 0.5) is 0 Å². The highest BCUT2D eigenvalue weighted by Crippen LogP contribution is 2.38. The Labute approximate surface area is 120 Å². The lowest BCUT2D eigenvalue weighted by atomic mass is 10.0. The molecular weight excluding hydrogens is 280 g/mol. The van der Waals surface area contributed by atoms with Crippen molar-refractivity contribution in [1.29, 1.82) is 0 Å². The van der Waals surface area contributed by atoms with Gasteiger partial charge in [-0.1, -0.05) is 0 Å². The first-order valence-electron chi connectivity index (χ1n) is 6.88. The van der Waals surface area contributed by atoms with Gasteiger partial charge in [0.1, 0.15) is 5.52 Å². The topological polar surface area (TPSA) is 61.9 Å². The first-order valence-corrected chi connectivity index (χ1v) is 7.26. The monoisotopic (exact) mass is 294 g/mol. The van der Waals surface area contributed by atoms with E-state index >= 15 is 0 Å². The number of hydrogen-bond acceptors (Lipinski definition) is 4. The van der Waals surface area contributed by atoms with Crippen LogP contribution < -0.4 is 5.69 Å². The predicted molar refractivity (Wildman–Crippen MR) is 73.9 cm³/mol. The number of rotatable bonds is 1. The van der Waals surface area contributed by atoms with E-state index in [9.17, 15) is 4.79 Å². The zero-order valence-corrected chi connectivity index (χ0v) is 11.9.